The Morgan fingerprint density at radius 1 is 1.24 bits per heavy atom. The summed E-state index contributed by atoms with van der Waals surface area (Å²) in [6.45, 7) is 10.9. The zero-order chi connectivity index (χ0) is 18.6. The second-order valence-corrected chi connectivity index (χ2v) is 7.47. The van der Waals surface area contributed by atoms with E-state index in [1.807, 2.05) is 58.9 Å². The summed E-state index contributed by atoms with van der Waals surface area (Å²) in [6, 6.07) is 7.54. The van der Waals surface area contributed by atoms with Crippen LogP contribution in [0.2, 0.25) is 0 Å². The molecule has 1 aliphatic rings. The number of hydrogen-bond acceptors (Lipinski definition) is 4. The Morgan fingerprint density at radius 3 is 2.56 bits per heavy atom. The summed E-state index contributed by atoms with van der Waals surface area (Å²) in [6.07, 6.45) is -0.331. The molecule has 1 aliphatic heterocycles. The van der Waals surface area contributed by atoms with Gasteiger partial charge in [-0.2, -0.15) is 0 Å². The second-order valence-electron chi connectivity index (χ2n) is 7.47. The summed E-state index contributed by atoms with van der Waals surface area (Å²) in [5, 5.41) is 0. The van der Waals surface area contributed by atoms with Crippen LogP contribution in [-0.4, -0.2) is 59.7 Å². The maximum absolute atomic E-state index is 12.4. The van der Waals surface area contributed by atoms with Gasteiger partial charge in [-0.1, -0.05) is 12.1 Å². The fourth-order valence-electron chi connectivity index (χ4n) is 2.75. The predicted octanol–water partition coefficient (Wildman–Crippen LogP) is 2.84. The van der Waals surface area contributed by atoms with Crippen LogP contribution >= 0.6 is 0 Å². The molecule has 1 saturated heterocycles. The number of nitrogens with zero attached hydrogens (tertiary/aromatic N) is 2. The van der Waals surface area contributed by atoms with Crippen molar-refractivity contribution in [3.8, 4) is 5.75 Å². The third-order valence-electron chi connectivity index (χ3n) is 3.95. The monoisotopic (exact) mass is 348 g/mol. The first-order chi connectivity index (χ1) is 11.7. The first kappa shape index (κ1) is 19.1. The van der Waals surface area contributed by atoms with E-state index >= 15 is 0 Å². The first-order valence-electron chi connectivity index (χ1n) is 8.62. The van der Waals surface area contributed by atoms with Crippen LogP contribution in [0.25, 0.3) is 0 Å². The molecule has 1 aromatic rings. The Labute approximate surface area is 149 Å². The average molecular weight is 348 g/mol. The maximum Gasteiger partial charge on any atom is 0.410 e. The van der Waals surface area contributed by atoms with Crippen LogP contribution in [0.15, 0.2) is 24.3 Å². The molecule has 2 rings (SSSR count). The van der Waals surface area contributed by atoms with Gasteiger partial charge in [0, 0.05) is 25.7 Å². The van der Waals surface area contributed by atoms with Gasteiger partial charge in [-0.3, -0.25) is 4.79 Å². The van der Waals surface area contributed by atoms with Gasteiger partial charge in [-0.25, -0.2) is 4.79 Å². The normalized spacial score (nSPS) is 18.0. The van der Waals surface area contributed by atoms with Crippen molar-refractivity contribution in [1.82, 2.24) is 9.80 Å². The molecular weight excluding hydrogens is 320 g/mol. The lowest BCUT2D eigenvalue weighted by molar-refractivity contribution is -0.137. The van der Waals surface area contributed by atoms with Crippen LogP contribution in [0.4, 0.5) is 4.79 Å². The van der Waals surface area contributed by atoms with E-state index in [0.29, 0.717) is 25.4 Å². The largest absolute Gasteiger partial charge is 0.484 e. The van der Waals surface area contributed by atoms with Gasteiger partial charge in [0.1, 0.15) is 11.4 Å². The summed E-state index contributed by atoms with van der Waals surface area (Å²) in [5.41, 5.74) is 0.568. The van der Waals surface area contributed by atoms with E-state index in [4.69, 9.17) is 9.47 Å². The number of piperazine rings is 1. The van der Waals surface area contributed by atoms with E-state index in [0.717, 1.165) is 5.56 Å². The van der Waals surface area contributed by atoms with Crippen molar-refractivity contribution in [2.75, 3.05) is 26.2 Å². The van der Waals surface area contributed by atoms with Crippen LogP contribution in [0, 0.1) is 6.92 Å². The second kappa shape index (κ2) is 7.76. The summed E-state index contributed by atoms with van der Waals surface area (Å²) >= 11 is 0. The van der Waals surface area contributed by atoms with Crippen LogP contribution in [-0.2, 0) is 9.53 Å². The third kappa shape index (κ3) is 5.66. The van der Waals surface area contributed by atoms with Crippen LogP contribution in [0.5, 0.6) is 5.75 Å². The minimum Gasteiger partial charge on any atom is -0.484 e. The number of rotatable bonds is 3. The smallest absolute Gasteiger partial charge is 0.410 e. The highest BCUT2D eigenvalue weighted by molar-refractivity contribution is 5.78. The molecule has 2 amide bonds. The standard InChI is InChI=1S/C19H28N2O4/c1-14-7-6-8-16(11-14)24-13-17(22)21-10-9-20(12-15(21)2)18(23)25-19(3,4)5/h6-8,11,15H,9-10,12-13H2,1-5H3/t15-/m1/s1. The highest BCUT2D eigenvalue weighted by Crippen LogP contribution is 2.16. The molecule has 0 saturated carbocycles. The van der Waals surface area contributed by atoms with Crippen LogP contribution in [0.3, 0.4) is 0 Å². The lowest BCUT2D eigenvalue weighted by Crippen LogP contribution is -2.56. The van der Waals surface area contributed by atoms with E-state index in [9.17, 15) is 9.59 Å². The molecule has 0 unspecified atom stereocenters. The molecule has 0 spiro atoms. The van der Waals surface area contributed by atoms with Gasteiger partial charge in [0.05, 0.1) is 0 Å². The fourth-order valence-corrected chi connectivity index (χ4v) is 2.75. The average Bonchev–Trinajstić information content (AvgIpc) is 2.51. The zero-order valence-electron chi connectivity index (χ0n) is 15.7. The molecule has 0 radical (unpaired) electrons. The molecule has 1 atom stereocenters. The van der Waals surface area contributed by atoms with Crippen molar-refractivity contribution in [3.05, 3.63) is 29.8 Å². The molecule has 0 N–H and O–H groups in total. The van der Waals surface area contributed by atoms with Gasteiger partial charge in [0.15, 0.2) is 6.61 Å². The first-order valence-corrected chi connectivity index (χ1v) is 8.62. The lowest BCUT2D eigenvalue weighted by Gasteiger charge is -2.40. The highest BCUT2D eigenvalue weighted by atomic mass is 16.6. The van der Waals surface area contributed by atoms with Gasteiger partial charge in [-0.05, 0) is 52.3 Å². The molecule has 1 aromatic carbocycles. The Morgan fingerprint density at radius 2 is 1.96 bits per heavy atom. The molecule has 0 aromatic heterocycles. The van der Waals surface area contributed by atoms with E-state index in [1.165, 1.54) is 0 Å². The summed E-state index contributed by atoms with van der Waals surface area (Å²) in [5.74, 6) is 0.617. The number of aryl methyl sites for hydroxylation is 1. The van der Waals surface area contributed by atoms with E-state index in [-0.39, 0.29) is 24.6 Å². The molecule has 1 heterocycles. The summed E-state index contributed by atoms with van der Waals surface area (Å²) in [7, 11) is 0. The zero-order valence-corrected chi connectivity index (χ0v) is 15.7. The maximum atomic E-state index is 12.4. The van der Waals surface area contributed by atoms with E-state index < -0.39 is 5.60 Å². The Hall–Kier alpha value is -2.24. The van der Waals surface area contributed by atoms with Crippen molar-refractivity contribution in [1.29, 1.82) is 0 Å². The number of hydrogen-bond donors (Lipinski definition) is 0. The molecule has 0 bridgehead atoms. The van der Waals surface area contributed by atoms with Gasteiger partial charge in [-0.15, -0.1) is 0 Å². The van der Waals surface area contributed by atoms with Crippen molar-refractivity contribution in [2.24, 2.45) is 0 Å². The molecule has 25 heavy (non-hydrogen) atoms. The molecule has 6 nitrogen and oxygen atoms in total. The Kier molecular flexibility index (Phi) is 5.93. The number of carbonyl (C=O) groups excluding carboxylic acids is 2. The minimum atomic E-state index is -0.519. The fraction of sp³-hybridized carbons (Fsp3) is 0.579. The quantitative estimate of drug-likeness (QED) is 0.843. The Bertz CT molecular complexity index is 624. The van der Waals surface area contributed by atoms with Gasteiger partial charge >= 0.3 is 6.09 Å². The van der Waals surface area contributed by atoms with E-state index in [1.54, 1.807) is 9.80 Å². The lowest BCUT2D eigenvalue weighted by atomic mass is 10.2. The SMILES string of the molecule is Cc1cccc(OCC(=O)N2CCN(C(=O)OC(C)(C)C)C[C@H]2C)c1. The van der Waals surface area contributed by atoms with Crippen molar-refractivity contribution >= 4 is 12.0 Å². The number of amides is 2. The predicted molar refractivity (Wildman–Crippen MR) is 95.7 cm³/mol. The van der Waals surface area contributed by atoms with Crippen molar-refractivity contribution in [2.45, 2.75) is 46.3 Å². The van der Waals surface area contributed by atoms with Crippen molar-refractivity contribution < 1.29 is 19.1 Å². The molecule has 1 fully saturated rings. The molecular formula is C19H28N2O4. The Balaban J connectivity index is 1.86. The van der Waals surface area contributed by atoms with E-state index in [2.05, 4.69) is 0 Å². The molecule has 0 aliphatic carbocycles. The summed E-state index contributed by atoms with van der Waals surface area (Å²) < 4.78 is 11.0. The number of benzene rings is 1. The van der Waals surface area contributed by atoms with Crippen LogP contribution < -0.4 is 4.74 Å². The topological polar surface area (TPSA) is 59.1 Å². The van der Waals surface area contributed by atoms with Gasteiger partial charge < -0.3 is 19.3 Å². The minimum absolute atomic E-state index is 0.000229. The van der Waals surface area contributed by atoms with Gasteiger partial charge in [0.2, 0.25) is 0 Å². The van der Waals surface area contributed by atoms with Crippen molar-refractivity contribution in [3.63, 3.8) is 0 Å². The molecule has 138 valence electrons. The number of carbonyl (C=O) groups is 2. The van der Waals surface area contributed by atoms with Crippen LogP contribution in [0.1, 0.15) is 33.3 Å². The molecule has 6 heteroatoms. The third-order valence-corrected chi connectivity index (χ3v) is 3.95. The number of ether oxygens (including phenoxy) is 2. The van der Waals surface area contributed by atoms with Gasteiger partial charge in [0.25, 0.3) is 5.91 Å². The highest BCUT2D eigenvalue weighted by Gasteiger charge is 2.32. The summed E-state index contributed by atoms with van der Waals surface area (Å²) in [4.78, 5) is 28.0.